The quantitative estimate of drug-likeness (QED) is 0.705. The van der Waals surface area contributed by atoms with Gasteiger partial charge in [-0.3, -0.25) is 4.79 Å². The summed E-state index contributed by atoms with van der Waals surface area (Å²) in [5.41, 5.74) is 1.17. The van der Waals surface area contributed by atoms with Gasteiger partial charge in [0.05, 0.1) is 6.54 Å². The van der Waals surface area contributed by atoms with Gasteiger partial charge in [-0.25, -0.2) is 0 Å². The van der Waals surface area contributed by atoms with Gasteiger partial charge in [-0.05, 0) is 29.1 Å². The standard InChI is InChI=1S/C16H12BrNO/c17-14-7-6-13-8-9-18(16(19)15(13)10-14)11-12-4-2-1-3-5-12/h1-10H,11H2. The van der Waals surface area contributed by atoms with Crippen LogP contribution in [0.15, 0.2) is 70.1 Å². The van der Waals surface area contributed by atoms with Gasteiger partial charge in [-0.2, -0.15) is 0 Å². The van der Waals surface area contributed by atoms with Crippen LogP contribution in [0.4, 0.5) is 0 Å². The molecule has 1 aromatic heterocycles. The molecule has 1 heterocycles. The molecule has 0 N–H and O–H groups in total. The fourth-order valence-corrected chi connectivity index (χ4v) is 2.52. The smallest absolute Gasteiger partial charge is 0.258 e. The van der Waals surface area contributed by atoms with E-state index < -0.39 is 0 Å². The number of pyridine rings is 1. The van der Waals surface area contributed by atoms with Crippen LogP contribution in [0.1, 0.15) is 5.56 Å². The van der Waals surface area contributed by atoms with Crippen LogP contribution in [0.25, 0.3) is 10.8 Å². The van der Waals surface area contributed by atoms with Gasteiger partial charge in [-0.15, -0.1) is 0 Å². The molecule has 2 nitrogen and oxygen atoms in total. The van der Waals surface area contributed by atoms with E-state index in [0.29, 0.717) is 6.54 Å². The van der Waals surface area contributed by atoms with Crippen LogP contribution in [0, 0.1) is 0 Å². The summed E-state index contributed by atoms with van der Waals surface area (Å²) in [6.07, 6.45) is 1.85. The molecular formula is C16H12BrNO. The molecular weight excluding hydrogens is 302 g/mol. The van der Waals surface area contributed by atoms with Crippen molar-refractivity contribution in [3.8, 4) is 0 Å². The second-order valence-electron chi connectivity index (χ2n) is 4.47. The van der Waals surface area contributed by atoms with Gasteiger partial charge in [0.1, 0.15) is 0 Å². The summed E-state index contributed by atoms with van der Waals surface area (Å²) in [5.74, 6) is 0. The van der Waals surface area contributed by atoms with Gasteiger partial charge < -0.3 is 4.57 Å². The maximum atomic E-state index is 12.4. The summed E-state index contributed by atoms with van der Waals surface area (Å²) < 4.78 is 2.67. The maximum absolute atomic E-state index is 12.4. The highest BCUT2D eigenvalue weighted by Gasteiger charge is 2.03. The van der Waals surface area contributed by atoms with Crippen molar-refractivity contribution in [1.29, 1.82) is 0 Å². The zero-order valence-corrected chi connectivity index (χ0v) is 11.8. The Kier molecular flexibility index (Phi) is 3.22. The molecule has 0 radical (unpaired) electrons. The van der Waals surface area contributed by atoms with Gasteiger partial charge in [0.2, 0.25) is 0 Å². The summed E-state index contributed by atoms with van der Waals surface area (Å²) in [7, 11) is 0. The first kappa shape index (κ1) is 12.2. The second kappa shape index (κ2) is 5.02. The van der Waals surface area contributed by atoms with Crippen LogP contribution in [0.2, 0.25) is 0 Å². The highest BCUT2D eigenvalue weighted by Crippen LogP contribution is 2.16. The summed E-state index contributed by atoms with van der Waals surface area (Å²) in [4.78, 5) is 12.4. The molecule has 0 spiro atoms. The molecule has 0 aliphatic heterocycles. The third-order valence-electron chi connectivity index (χ3n) is 3.14. The predicted octanol–water partition coefficient (Wildman–Crippen LogP) is 3.81. The van der Waals surface area contributed by atoms with E-state index in [2.05, 4.69) is 15.9 Å². The van der Waals surface area contributed by atoms with Gasteiger partial charge in [0, 0.05) is 16.1 Å². The van der Waals surface area contributed by atoms with Crippen molar-refractivity contribution >= 4 is 26.7 Å². The summed E-state index contributed by atoms with van der Waals surface area (Å²) in [6, 6.07) is 17.7. The fourth-order valence-electron chi connectivity index (χ4n) is 2.16. The van der Waals surface area contributed by atoms with Crippen molar-refractivity contribution in [2.45, 2.75) is 6.54 Å². The molecule has 3 rings (SSSR count). The third-order valence-corrected chi connectivity index (χ3v) is 3.63. The predicted molar refractivity (Wildman–Crippen MR) is 81.5 cm³/mol. The molecule has 0 fully saturated rings. The minimum absolute atomic E-state index is 0.0441. The van der Waals surface area contributed by atoms with Crippen molar-refractivity contribution in [3.05, 3.63) is 81.2 Å². The van der Waals surface area contributed by atoms with Gasteiger partial charge in [-0.1, -0.05) is 52.3 Å². The van der Waals surface area contributed by atoms with Crippen LogP contribution in [0.5, 0.6) is 0 Å². The molecule has 3 heteroatoms. The fraction of sp³-hybridized carbons (Fsp3) is 0.0625. The van der Waals surface area contributed by atoms with E-state index in [9.17, 15) is 4.79 Å². The molecule has 0 unspecified atom stereocenters. The largest absolute Gasteiger partial charge is 0.311 e. The molecule has 0 saturated carbocycles. The number of halogens is 1. The Morgan fingerprint density at radius 3 is 2.58 bits per heavy atom. The molecule has 0 aliphatic rings. The average molecular weight is 314 g/mol. The number of hydrogen-bond acceptors (Lipinski definition) is 1. The SMILES string of the molecule is O=c1c2cc(Br)ccc2ccn1Cc1ccccc1. The van der Waals surface area contributed by atoms with Gasteiger partial charge in [0.25, 0.3) is 5.56 Å². The number of fused-ring (bicyclic) bond motifs is 1. The maximum Gasteiger partial charge on any atom is 0.258 e. The number of aromatic nitrogens is 1. The first-order valence-electron chi connectivity index (χ1n) is 6.07. The Balaban J connectivity index is 2.10. The van der Waals surface area contributed by atoms with Gasteiger partial charge in [0.15, 0.2) is 0 Å². The Morgan fingerprint density at radius 1 is 1.00 bits per heavy atom. The van der Waals surface area contributed by atoms with Crippen LogP contribution < -0.4 is 5.56 Å². The third kappa shape index (κ3) is 2.47. The Morgan fingerprint density at radius 2 is 1.79 bits per heavy atom. The Bertz CT molecular complexity index is 778. The topological polar surface area (TPSA) is 22.0 Å². The average Bonchev–Trinajstić information content (AvgIpc) is 2.44. The summed E-state index contributed by atoms with van der Waals surface area (Å²) in [6.45, 7) is 0.599. The molecule has 0 amide bonds. The number of nitrogens with zero attached hydrogens (tertiary/aromatic N) is 1. The minimum atomic E-state index is 0.0441. The number of benzene rings is 2. The van der Waals surface area contributed by atoms with E-state index >= 15 is 0 Å². The number of hydrogen-bond donors (Lipinski definition) is 0. The molecule has 19 heavy (non-hydrogen) atoms. The first-order valence-corrected chi connectivity index (χ1v) is 6.86. The zero-order valence-electron chi connectivity index (χ0n) is 10.2. The lowest BCUT2D eigenvalue weighted by Gasteiger charge is -2.07. The monoisotopic (exact) mass is 313 g/mol. The summed E-state index contributed by atoms with van der Waals surface area (Å²) in [5, 5.41) is 1.71. The van der Waals surface area contributed by atoms with Crippen molar-refractivity contribution in [2.75, 3.05) is 0 Å². The van der Waals surface area contributed by atoms with Crippen molar-refractivity contribution in [1.82, 2.24) is 4.57 Å². The molecule has 0 saturated heterocycles. The molecule has 94 valence electrons. The van der Waals surface area contributed by atoms with Crippen molar-refractivity contribution < 1.29 is 0 Å². The van der Waals surface area contributed by atoms with E-state index in [1.54, 1.807) is 4.57 Å². The highest BCUT2D eigenvalue weighted by molar-refractivity contribution is 9.10. The second-order valence-corrected chi connectivity index (χ2v) is 5.38. The summed E-state index contributed by atoms with van der Waals surface area (Å²) >= 11 is 3.41. The van der Waals surface area contributed by atoms with Crippen LogP contribution in [-0.2, 0) is 6.54 Å². The molecule has 3 aromatic rings. The minimum Gasteiger partial charge on any atom is -0.311 e. The van der Waals surface area contributed by atoms with Crippen LogP contribution in [0.3, 0.4) is 0 Å². The van der Waals surface area contributed by atoms with Crippen molar-refractivity contribution in [3.63, 3.8) is 0 Å². The van der Waals surface area contributed by atoms with E-state index in [-0.39, 0.29) is 5.56 Å². The Hall–Kier alpha value is -1.87. The van der Waals surface area contributed by atoms with Crippen LogP contribution >= 0.6 is 15.9 Å². The van der Waals surface area contributed by atoms with Crippen LogP contribution in [-0.4, -0.2) is 4.57 Å². The lowest BCUT2D eigenvalue weighted by atomic mass is 10.1. The van der Waals surface area contributed by atoms with Crippen molar-refractivity contribution in [2.24, 2.45) is 0 Å². The molecule has 0 atom stereocenters. The van der Waals surface area contributed by atoms with E-state index in [1.165, 1.54) is 0 Å². The molecule has 2 aromatic carbocycles. The van der Waals surface area contributed by atoms with E-state index in [0.717, 1.165) is 20.8 Å². The molecule has 0 aliphatic carbocycles. The van der Waals surface area contributed by atoms with E-state index in [4.69, 9.17) is 0 Å². The zero-order chi connectivity index (χ0) is 13.2. The normalized spacial score (nSPS) is 10.8. The first-order chi connectivity index (χ1) is 9.24. The molecule has 0 bridgehead atoms. The van der Waals surface area contributed by atoms with E-state index in [1.807, 2.05) is 60.8 Å². The lowest BCUT2D eigenvalue weighted by molar-refractivity contribution is 0.768. The number of rotatable bonds is 2. The Labute approximate surface area is 119 Å². The van der Waals surface area contributed by atoms with Gasteiger partial charge >= 0.3 is 0 Å². The highest BCUT2D eigenvalue weighted by atomic mass is 79.9. The lowest BCUT2D eigenvalue weighted by Crippen LogP contribution is -2.19.